The molecule has 7 nitrogen and oxygen atoms in total. The van der Waals surface area contributed by atoms with Crippen LogP contribution in [-0.2, 0) is 5.67 Å². The molecule has 0 radical (unpaired) electrons. The van der Waals surface area contributed by atoms with Crippen LogP contribution in [0.15, 0.2) is 54.7 Å². The first kappa shape index (κ1) is 33.0. The van der Waals surface area contributed by atoms with Crippen LogP contribution in [0, 0.1) is 70.6 Å². The number of aromatic nitrogens is 1. The molecule has 0 aliphatic carbocycles. The summed E-state index contributed by atoms with van der Waals surface area (Å²) < 4.78 is 15.7. The van der Waals surface area contributed by atoms with Gasteiger partial charge in [0.05, 0.1) is 17.2 Å². The molecular formula is C31H34FN5O2U. The van der Waals surface area contributed by atoms with Crippen molar-refractivity contribution >= 4 is 23.3 Å². The summed E-state index contributed by atoms with van der Waals surface area (Å²) in [5.74, 6) is 0.199. The number of halogens is 1. The van der Waals surface area contributed by atoms with Crippen LogP contribution >= 0.6 is 0 Å². The number of hydrogen-bond donors (Lipinski definition) is 1. The molecule has 0 saturated carbocycles. The van der Waals surface area contributed by atoms with E-state index in [2.05, 4.69) is 17.2 Å². The Morgan fingerprint density at radius 2 is 1.77 bits per heavy atom. The monoisotopic (exact) mass is 765 g/mol. The van der Waals surface area contributed by atoms with Crippen LogP contribution in [0.5, 0.6) is 0 Å². The Bertz CT molecular complexity index is 1380. The summed E-state index contributed by atoms with van der Waals surface area (Å²) in [6, 6.07) is 15.6. The number of likely N-dealkylation sites (tertiary alicyclic amines) is 1. The molecule has 1 N–H and O–H groups in total. The van der Waals surface area contributed by atoms with E-state index in [9.17, 15) is 9.59 Å². The maximum Gasteiger partial charge on any atom is 2.00 e. The molecule has 0 unspecified atom stereocenters. The molecule has 2 amide bonds. The summed E-state index contributed by atoms with van der Waals surface area (Å²) in [5, 5.41) is 11.9. The zero-order valence-electron chi connectivity index (χ0n) is 23.4. The van der Waals surface area contributed by atoms with Gasteiger partial charge in [0.25, 0.3) is 11.8 Å². The molecule has 206 valence electrons. The maximum absolute atomic E-state index is 15.7. The summed E-state index contributed by atoms with van der Waals surface area (Å²) in [7, 11) is 1.87. The Balaban J connectivity index is 0.00000280. The van der Waals surface area contributed by atoms with Crippen molar-refractivity contribution in [2.45, 2.75) is 32.4 Å². The van der Waals surface area contributed by atoms with Gasteiger partial charge in [-0.1, -0.05) is 18.2 Å². The van der Waals surface area contributed by atoms with Crippen molar-refractivity contribution in [3.05, 3.63) is 102 Å². The second-order valence-corrected chi connectivity index (χ2v) is 9.71. The van der Waals surface area contributed by atoms with Crippen LogP contribution in [0.2, 0.25) is 0 Å². The smallest absolute Gasteiger partial charge is 0.390 e. The third kappa shape index (κ3) is 7.11. The van der Waals surface area contributed by atoms with Crippen LogP contribution in [0.4, 0.5) is 15.9 Å². The molecule has 3 aromatic rings. The molecule has 1 aliphatic heterocycles. The van der Waals surface area contributed by atoms with E-state index in [1.54, 1.807) is 47.4 Å². The number of anilines is 2. The van der Waals surface area contributed by atoms with E-state index in [1.807, 2.05) is 37.9 Å². The molecule has 0 spiro atoms. The number of piperidine rings is 1. The number of nitrogens with one attached hydrogen (secondary N) is 1. The van der Waals surface area contributed by atoms with Gasteiger partial charge < -0.3 is 29.5 Å². The van der Waals surface area contributed by atoms with Crippen molar-refractivity contribution in [1.29, 1.82) is 5.26 Å². The number of nitrogens with zero attached hydrogens (tertiary/aromatic N) is 4. The SMILES string of the molecule is [CH2-]CN(C)c1ccc(C(=O)Nc2cc(C(=O)N3CCC(F)(c4ccc(C#N)cc4)CC3)c(C)cc2C)cn1.[CH3-].[U+2]. The van der Waals surface area contributed by atoms with Crippen molar-refractivity contribution in [3.63, 3.8) is 0 Å². The maximum atomic E-state index is 15.7. The predicted octanol–water partition coefficient (Wildman–Crippen LogP) is 5.64. The van der Waals surface area contributed by atoms with Crippen LogP contribution in [-0.4, -0.2) is 48.4 Å². The minimum Gasteiger partial charge on any atom is -0.390 e. The summed E-state index contributed by atoms with van der Waals surface area (Å²) in [4.78, 5) is 34.2. The van der Waals surface area contributed by atoms with Crippen molar-refractivity contribution in [2.75, 3.05) is 36.9 Å². The number of aryl methyl sites for hydroxylation is 2. The van der Waals surface area contributed by atoms with E-state index >= 15 is 4.39 Å². The first-order valence-corrected chi connectivity index (χ1v) is 12.5. The average molecular weight is 766 g/mol. The van der Waals surface area contributed by atoms with Crippen molar-refractivity contribution in [3.8, 4) is 6.07 Å². The second kappa shape index (κ2) is 13.9. The number of pyridine rings is 1. The minimum absolute atomic E-state index is 0. The van der Waals surface area contributed by atoms with Gasteiger partial charge in [-0.3, -0.25) is 9.59 Å². The van der Waals surface area contributed by atoms with Gasteiger partial charge in [-0.15, -0.1) is 6.54 Å². The van der Waals surface area contributed by atoms with E-state index in [4.69, 9.17) is 5.26 Å². The standard InChI is InChI=1S/C30H31FN5O2.CH3.U/c1-5-35(4)27-11-8-23(19-33-27)28(37)34-26-17-25(20(2)16-21(26)3)29(38)36-14-12-30(31,13-15-36)24-9-6-22(18-32)7-10-24;;/h6-11,16-17,19H,1,5,12-15H2,2-4H3,(H,34,37);1H3;/q2*-1;+2. The van der Waals surface area contributed by atoms with E-state index in [1.165, 1.54) is 6.20 Å². The first-order chi connectivity index (χ1) is 18.1. The molecule has 9 heteroatoms. The third-order valence-electron chi connectivity index (χ3n) is 7.16. The van der Waals surface area contributed by atoms with Gasteiger partial charge in [0.2, 0.25) is 0 Å². The van der Waals surface area contributed by atoms with Gasteiger partial charge in [-0.05, 0) is 60.9 Å². The molecule has 40 heavy (non-hydrogen) atoms. The number of amides is 2. The molecule has 4 rings (SSSR count). The van der Waals surface area contributed by atoms with Gasteiger partial charge in [0.1, 0.15) is 11.5 Å². The molecule has 1 aromatic heterocycles. The summed E-state index contributed by atoms with van der Waals surface area (Å²) in [6.07, 6.45) is 1.86. The summed E-state index contributed by atoms with van der Waals surface area (Å²) in [5.41, 5.74) is 2.50. The molecule has 0 atom stereocenters. The number of nitriles is 1. The average Bonchev–Trinajstić information content (AvgIpc) is 2.94. The molecule has 2 aromatic carbocycles. The van der Waals surface area contributed by atoms with Gasteiger partial charge in [0.15, 0.2) is 0 Å². The fourth-order valence-electron chi connectivity index (χ4n) is 4.64. The largest absolute Gasteiger partial charge is 2.00 e. The quantitative estimate of drug-likeness (QED) is 0.329. The Morgan fingerprint density at radius 3 is 2.33 bits per heavy atom. The molecule has 1 aliphatic rings. The topological polar surface area (TPSA) is 89.3 Å². The fourth-order valence-corrected chi connectivity index (χ4v) is 4.64. The van der Waals surface area contributed by atoms with Gasteiger partial charge in [-0.2, -0.15) is 5.26 Å². The van der Waals surface area contributed by atoms with Crippen LogP contribution in [0.3, 0.4) is 0 Å². The fraction of sp³-hybridized carbons (Fsp3) is 0.290. The van der Waals surface area contributed by atoms with E-state index in [0.29, 0.717) is 40.3 Å². The first-order valence-electron chi connectivity index (χ1n) is 12.5. The summed E-state index contributed by atoms with van der Waals surface area (Å²) in [6.45, 7) is 8.64. The van der Waals surface area contributed by atoms with Crippen molar-refractivity contribution in [2.24, 2.45) is 0 Å². The van der Waals surface area contributed by atoms with Crippen molar-refractivity contribution in [1.82, 2.24) is 9.88 Å². The Morgan fingerprint density at radius 1 is 1.12 bits per heavy atom. The molecule has 1 fully saturated rings. The molecular weight excluding hydrogens is 731 g/mol. The van der Waals surface area contributed by atoms with E-state index < -0.39 is 5.67 Å². The van der Waals surface area contributed by atoms with Crippen molar-refractivity contribution < 1.29 is 45.1 Å². The Labute approximate surface area is 260 Å². The van der Waals surface area contributed by atoms with Gasteiger partial charge in [0, 0.05) is 50.4 Å². The molecule has 1 saturated heterocycles. The molecule has 0 bridgehead atoms. The zero-order chi connectivity index (χ0) is 27.4. The normalized spacial score (nSPS) is 13.8. The van der Waals surface area contributed by atoms with Crippen LogP contribution < -0.4 is 10.2 Å². The van der Waals surface area contributed by atoms with Gasteiger partial charge >= 0.3 is 31.1 Å². The Hall–Kier alpha value is -3.20. The van der Waals surface area contributed by atoms with Crippen LogP contribution in [0.1, 0.15) is 55.8 Å². The van der Waals surface area contributed by atoms with E-state index in [-0.39, 0.29) is 76.3 Å². The Kier molecular flexibility index (Phi) is 11.5. The minimum atomic E-state index is -1.54. The van der Waals surface area contributed by atoms with Gasteiger partial charge in [-0.25, -0.2) is 9.37 Å². The number of benzene rings is 2. The van der Waals surface area contributed by atoms with Crippen LogP contribution in [0.25, 0.3) is 0 Å². The zero-order valence-corrected chi connectivity index (χ0v) is 27.6. The molecule has 2 heterocycles. The predicted molar refractivity (Wildman–Crippen MR) is 152 cm³/mol. The number of hydrogen-bond acceptors (Lipinski definition) is 5. The number of carbonyl (C=O) groups is 2. The third-order valence-corrected chi connectivity index (χ3v) is 7.16. The number of alkyl halides is 1. The number of carbonyl (C=O) groups excluding carboxylic acids is 2. The summed E-state index contributed by atoms with van der Waals surface area (Å²) >= 11 is 0. The second-order valence-electron chi connectivity index (χ2n) is 9.71. The van der Waals surface area contributed by atoms with E-state index in [0.717, 1.165) is 11.1 Å². The number of rotatable bonds is 6.